The first-order valence-electron chi connectivity index (χ1n) is 7.08. The molecule has 0 unspecified atom stereocenters. The first-order chi connectivity index (χ1) is 10.9. The van der Waals surface area contributed by atoms with E-state index in [0.717, 1.165) is 23.8 Å². The second kappa shape index (κ2) is 7.00. The molecule has 5 nitrogen and oxygen atoms in total. The van der Waals surface area contributed by atoms with E-state index in [1.807, 2.05) is 26.0 Å². The molecular weight excluding hydrogens is 301 g/mol. The van der Waals surface area contributed by atoms with Crippen LogP contribution in [0, 0.1) is 15.9 Å². The van der Waals surface area contributed by atoms with Gasteiger partial charge >= 0.3 is 5.69 Å². The summed E-state index contributed by atoms with van der Waals surface area (Å²) >= 11 is 0. The molecule has 23 heavy (non-hydrogen) atoms. The maximum atomic E-state index is 13.2. The summed E-state index contributed by atoms with van der Waals surface area (Å²) in [5.41, 5.74) is 1.16. The molecular formula is C17H16FNO4. The number of halogens is 1. The number of carbonyl (C=O) groups is 1. The normalized spacial score (nSPS) is 10.6. The van der Waals surface area contributed by atoms with Gasteiger partial charge in [-0.3, -0.25) is 14.9 Å². The lowest BCUT2D eigenvalue weighted by atomic mass is 10.0. The van der Waals surface area contributed by atoms with Gasteiger partial charge in [0.1, 0.15) is 5.82 Å². The molecule has 0 saturated carbocycles. The molecule has 0 heterocycles. The molecule has 0 N–H and O–H groups in total. The molecule has 0 amide bonds. The van der Waals surface area contributed by atoms with Gasteiger partial charge in [0.2, 0.25) is 0 Å². The number of ketones is 1. The average molecular weight is 317 g/mol. The molecule has 6 heteroatoms. The van der Waals surface area contributed by atoms with Gasteiger partial charge in [-0.1, -0.05) is 38.1 Å². The van der Waals surface area contributed by atoms with E-state index >= 15 is 0 Å². The van der Waals surface area contributed by atoms with Crippen molar-refractivity contribution < 1.29 is 18.8 Å². The molecule has 0 radical (unpaired) electrons. The van der Waals surface area contributed by atoms with Crippen LogP contribution in [0.15, 0.2) is 42.5 Å². The van der Waals surface area contributed by atoms with Gasteiger partial charge in [-0.05, 0) is 17.5 Å². The van der Waals surface area contributed by atoms with Crippen molar-refractivity contribution in [1.29, 1.82) is 0 Å². The van der Waals surface area contributed by atoms with E-state index in [4.69, 9.17) is 4.74 Å². The van der Waals surface area contributed by atoms with E-state index in [-0.39, 0.29) is 17.2 Å². The summed E-state index contributed by atoms with van der Waals surface area (Å²) < 4.78 is 18.3. The van der Waals surface area contributed by atoms with Crippen molar-refractivity contribution in [3.63, 3.8) is 0 Å². The fourth-order valence-corrected chi connectivity index (χ4v) is 2.03. The lowest BCUT2D eigenvalue weighted by molar-refractivity contribution is -0.385. The van der Waals surface area contributed by atoms with E-state index < -0.39 is 17.3 Å². The third kappa shape index (κ3) is 4.12. The maximum absolute atomic E-state index is 13.2. The molecule has 0 aliphatic carbocycles. The number of hydrogen-bond acceptors (Lipinski definition) is 4. The van der Waals surface area contributed by atoms with Crippen LogP contribution in [-0.2, 0) is 0 Å². The van der Waals surface area contributed by atoms with Crippen LogP contribution in [0.4, 0.5) is 10.1 Å². The first kappa shape index (κ1) is 16.6. The summed E-state index contributed by atoms with van der Waals surface area (Å²) in [6.45, 7) is 3.69. The van der Waals surface area contributed by atoms with E-state index in [1.165, 1.54) is 0 Å². The first-order valence-corrected chi connectivity index (χ1v) is 7.08. The molecule has 120 valence electrons. The van der Waals surface area contributed by atoms with Crippen molar-refractivity contribution >= 4 is 11.5 Å². The maximum Gasteiger partial charge on any atom is 0.311 e. The zero-order valence-electron chi connectivity index (χ0n) is 12.8. The predicted molar refractivity (Wildman–Crippen MR) is 83.4 cm³/mol. The van der Waals surface area contributed by atoms with Crippen LogP contribution < -0.4 is 4.74 Å². The molecule has 0 aliphatic heterocycles. The highest BCUT2D eigenvalue weighted by Crippen LogP contribution is 2.27. The van der Waals surface area contributed by atoms with Gasteiger partial charge in [0.05, 0.1) is 4.92 Å². The van der Waals surface area contributed by atoms with Crippen molar-refractivity contribution in [1.82, 2.24) is 0 Å². The topological polar surface area (TPSA) is 69.4 Å². The number of nitro benzene ring substituents is 1. The SMILES string of the molecule is CC(C)c1ccc(C(=O)COc2cc(F)ccc2[N+](=O)[O-])cc1. The number of Topliss-reactive ketones (excluding diaryl/α,β-unsaturated/α-hetero) is 1. The van der Waals surface area contributed by atoms with Gasteiger partial charge in [0.25, 0.3) is 0 Å². The molecule has 0 spiro atoms. The van der Waals surface area contributed by atoms with Crippen LogP contribution in [0.3, 0.4) is 0 Å². The summed E-state index contributed by atoms with van der Waals surface area (Å²) in [6.07, 6.45) is 0. The minimum absolute atomic E-state index is 0.262. The summed E-state index contributed by atoms with van der Waals surface area (Å²) in [7, 11) is 0. The number of carbonyl (C=O) groups excluding carboxylic acids is 1. The molecule has 0 atom stereocenters. The average Bonchev–Trinajstić information content (AvgIpc) is 2.52. The Balaban J connectivity index is 2.10. The third-order valence-electron chi connectivity index (χ3n) is 3.38. The van der Waals surface area contributed by atoms with Crippen molar-refractivity contribution in [3.8, 4) is 5.75 Å². The molecule has 2 aromatic carbocycles. The summed E-state index contributed by atoms with van der Waals surface area (Å²) in [4.78, 5) is 22.3. The third-order valence-corrected chi connectivity index (χ3v) is 3.38. The summed E-state index contributed by atoms with van der Waals surface area (Å²) in [5, 5.41) is 10.9. The van der Waals surface area contributed by atoms with E-state index in [9.17, 15) is 19.3 Å². The van der Waals surface area contributed by atoms with Crippen LogP contribution in [0.2, 0.25) is 0 Å². The summed E-state index contributed by atoms with van der Waals surface area (Å²) in [5.74, 6) is -0.911. The minimum Gasteiger partial charge on any atom is -0.478 e. The fraction of sp³-hybridized carbons (Fsp3) is 0.235. The van der Waals surface area contributed by atoms with Gasteiger partial charge in [0.15, 0.2) is 18.1 Å². The Morgan fingerprint density at radius 2 is 1.87 bits per heavy atom. The Morgan fingerprint density at radius 1 is 1.22 bits per heavy atom. The van der Waals surface area contributed by atoms with Gasteiger partial charge in [0, 0.05) is 17.7 Å². The Labute approximate surface area is 132 Å². The van der Waals surface area contributed by atoms with Crippen molar-refractivity contribution in [2.45, 2.75) is 19.8 Å². The predicted octanol–water partition coefficient (Wildman–Crippen LogP) is 4.12. The zero-order chi connectivity index (χ0) is 17.0. The number of nitrogens with zero attached hydrogens (tertiary/aromatic N) is 1. The molecule has 2 rings (SSSR count). The monoisotopic (exact) mass is 317 g/mol. The van der Waals surface area contributed by atoms with Gasteiger partial charge < -0.3 is 4.74 Å². The van der Waals surface area contributed by atoms with Crippen molar-refractivity contribution in [2.75, 3.05) is 6.61 Å². The Bertz CT molecular complexity index is 726. The zero-order valence-corrected chi connectivity index (χ0v) is 12.8. The molecule has 2 aromatic rings. The van der Waals surface area contributed by atoms with Crippen molar-refractivity contribution in [3.05, 3.63) is 69.5 Å². The second-order valence-electron chi connectivity index (χ2n) is 5.36. The second-order valence-corrected chi connectivity index (χ2v) is 5.36. The van der Waals surface area contributed by atoms with E-state index in [1.54, 1.807) is 12.1 Å². The van der Waals surface area contributed by atoms with Gasteiger partial charge in [-0.2, -0.15) is 0 Å². The largest absolute Gasteiger partial charge is 0.478 e. The standard InChI is InChI=1S/C17H16FNO4/c1-11(2)12-3-5-13(6-4-12)16(20)10-23-17-9-14(18)7-8-15(17)19(21)22/h3-9,11H,10H2,1-2H3. The number of benzene rings is 2. The fourth-order valence-electron chi connectivity index (χ4n) is 2.03. The van der Waals surface area contributed by atoms with Crippen molar-refractivity contribution in [2.24, 2.45) is 0 Å². The quantitative estimate of drug-likeness (QED) is 0.456. The smallest absolute Gasteiger partial charge is 0.311 e. The van der Waals surface area contributed by atoms with E-state index in [2.05, 4.69) is 0 Å². The lowest BCUT2D eigenvalue weighted by Gasteiger charge is -2.08. The molecule has 0 bridgehead atoms. The van der Waals surface area contributed by atoms with Crippen LogP contribution in [-0.4, -0.2) is 17.3 Å². The minimum atomic E-state index is -0.684. The number of hydrogen-bond donors (Lipinski definition) is 0. The van der Waals surface area contributed by atoms with Crippen LogP contribution in [0.5, 0.6) is 5.75 Å². The number of nitro groups is 1. The highest BCUT2D eigenvalue weighted by atomic mass is 19.1. The van der Waals surface area contributed by atoms with Crippen LogP contribution in [0.25, 0.3) is 0 Å². The molecule has 0 fully saturated rings. The Kier molecular flexibility index (Phi) is 5.05. The number of rotatable bonds is 6. The van der Waals surface area contributed by atoms with Gasteiger partial charge in [-0.15, -0.1) is 0 Å². The van der Waals surface area contributed by atoms with E-state index in [0.29, 0.717) is 11.5 Å². The molecule has 0 aromatic heterocycles. The Hall–Kier alpha value is -2.76. The van der Waals surface area contributed by atoms with Crippen LogP contribution in [0.1, 0.15) is 35.7 Å². The summed E-state index contributed by atoms with van der Waals surface area (Å²) in [6, 6.07) is 9.93. The highest BCUT2D eigenvalue weighted by molar-refractivity contribution is 5.97. The Morgan fingerprint density at radius 3 is 2.43 bits per heavy atom. The van der Waals surface area contributed by atoms with Crippen LogP contribution >= 0.6 is 0 Å². The molecule has 0 saturated heterocycles. The molecule has 0 aliphatic rings. The highest BCUT2D eigenvalue weighted by Gasteiger charge is 2.17. The van der Waals surface area contributed by atoms with Gasteiger partial charge in [-0.25, -0.2) is 4.39 Å². The lowest BCUT2D eigenvalue weighted by Crippen LogP contribution is -2.12. The number of ether oxygens (including phenoxy) is 1.